The first-order chi connectivity index (χ1) is 7.77. The third-order valence-corrected chi connectivity index (χ3v) is 3.21. The lowest BCUT2D eigenvalue weighted by Gasteiger charge is -2.16. The predicted octanol–water partition coefficient (Wildman–Crippen LogP) is 0.438. The van der Waals surface area contributed by atoms with Crippen molar-refractivity contribution in [3.63, 3.8) is 0 Å². The molecule has 0 spiro atoms. The van der Waals surface area contributed by atoms with Crippen molar-refractivity contribution in [2.45, 2.75) is 25.0 Å². The molecule has 2 heterocycles. The van der Waals surface area contributed by atoms with E-state index >= 15 is 0 Å². The zero-order chi connectivity index (χ0) is 11.4. The SMILES string of the molecule is NC(=O)C(NCC1CCCO1)c1cscn1. The summed E-state index contributed by atoms with van der Waals surface area (Å²) in [6.45, 7) is 1.45. The second kappa shape index (κ2) is 5.38. The number of thiazole rings is 1. The number of hydrogen-bond acceptors (Lipinski definition) is 5. The number of amides is 1. The average molecular weight is 241 g/mol. The van der Waals surface area contributed by atoms with E-state index in [0.29, 0.717) is 12.2 Å². The molecule has 0 aliphatic carbocycles. The van der Waals surface area contributed by atoms with Gasteiger partial charge in [0.15, 0.2) is 0 Å². The highest BCUT2D eigenvalue weighted by atomic mass is 32.1. The second-order valence-electron chi connectivity index (χ2n) is 3.79. The molecule has 1 fully saturated rings. The summed E-state index contributed by atoms with van der Waals surface area (Å²) in [5, 5.41) is 4.94. The smallest absolute Gasteiger partial charge is 0.240 e. The number of aromatic nitrogens is 1. The van der Waals surface area contributed by atoms with Gasteiger partial charge < -0.3 is 10.5 Å². The molecule has 0 saturated carbocycles. The van der Waals surface area contributed by atoms with Crippen LogP contribution >= 0.6 is 11.3 Å². The van der Waals surface area contributed by atoms with Gasteiger partial charge in [-0.15, -0.1) is 11.3 Å². The van der Waals surface area contributed by atoms with E-state index in [1.807, 2.05) is 5.38 Å². The van der Waals surface area contributed by atoms with Gasteiger partial charge in [0.05, 0.1) is 17.3 Å². The molecule has 88 valence electrons. The molecule has 0 bridgehead atoms. The van der Waals surface area contributed by atoms with Crippen LogP contribution in [0.3, 0.4) is 0 Å². The molecular formula is C10H15N3O2S. The van der Waals surface area contributed by atoms with Gasteiger partial charge in [0.2, 0.25) is 5.91 Å². The topological polar surface area (TPSA) is 77.2 Å². The van der Waals surface area contributed by atoms with Crippen LogP contribution < -0.4 is 11.1 Å². The van der Waals surface area contributed by atoms with Gasteiger partial charge in [-0.1, -0.05) is 0 Å². The Kier molecular flexibility index (Phi) is 3.87. The van der Waals surface area contributed by atoms with Gasteiger partial charge in [-0.3, -0.25) is 10.1 Å². The van der Waals surface area contributed by atoms with Gasteiger partial charge in [0.25, 0.3) is 0 Å². The van der Waals surface area contributed by atoms with Crippen molar-refractivity contribution in [3.8, 4) is 0 Å². The maximum Gasteiger partial charge on any atom is 0.240 e. The molecule has 2 unspecified atom stereocenters. The van der Waals surface area contributed by atoms with Gasteiger partial charge in [0.1, 0.15) is 6.04 Å². The van der Waals surface area contributed by atoms with Crippen LogP contribution in [0.5, 0.6) is 0 Å². The number of primary amides is 1. The Bertz CT molecular complexity index is 336. The standard InChI is InChI=1S/C10H15N3O2S/c11-10(14)9(8-5-16-6-13-8)12-4-7-2-1-3-15-7/h5-7,9,12H,1-4H2,(H2,11,14). The van der Waals surface area contributed by atoms with E-state index in [-0.39, 0.29) is 6.10 Å². The maximum atomic E-state index is 11.3. The lowest BCUT2D eigenvalue weighted by atomic mass is 10.2. The van der Waals surface area contributed by atoms with Crippen LogP contribution in [-0.4, -0.2) is 30.1 Å². The fraction of sp³-hybridized carbons (Fsp3) is 0.600. The first-order valence-corrected chi connectivity index (χ1v) is 6.24. The largest absolute Gasteiger partial charge is 0.377 e. The van der Waals surface area contributed by atoms with Gasteiger partial charge in [0, 0.05) is 18.5 Å². The van der Waals surface area contributed by atoms with Crippen LogP contribution in [0.1, 0.15) is 24.6 Å². The summed E-state index contributed by atoms with van der Waals surface area (Å²) in [5.74, 6) is -0.399. The summed E-state index contributed by atoms with van der Waals surface area (Å²) in [6, 6.07) is -0.504. The lowest BCUT2D eigenvalue weighted by Crippen LogP contribution is -2.37. The molecule has 1 aromatic heterocycles. The molecule has 1 aliphatic heterocycles. The van der Waals surface area contributed by atoms with E-state index in [9.17, 15) is 4.79 Å². The molecule has 0 aromatic carbocycles. The molecule has 5 nitrogen and oxygen atoms in total. The lowest BCUT2D eigenvalue weighted by molar-refractivity contribution is -0.120. The Balaban J connectivity index is 1.90. The van der Waals surface area contributed by atoms with Crippen LogP contribution in [0.4, 0.5) is 0 Å². The molecule has 2 atom stereocenters. The third kappa shape index (κ3) is 2.78. The molecule has 0 radical (unpaired) electrons. The van der Waals surface area contributed by atoms with Gasteiger partial charge in [-0.2, -0.15) is 0 Å². The first-order valence-electron chi connectivity index (χ1n) is 5.30. The number of carbonyl (C=O) groups is 1. The Morgan fingerprint density at radius 2 is 2.69 bits per heavy atom. The van der Waals surface area contributed by atoms with Crippen molar-refractivity contribution in [2.75, 3.05) is 13.2 Å². The zero-order valence-corrected chi connectivity index (χ0v) is 9.70. The number of nitrogens with one attached hydrogen (secondary N) is 1. The molecule has 1 amide bonds. The van der Waals surface area contributed by atoms with E-state index < -0.39 is 11.9 Å². The fourth-order valence-corrected chi connectivity index (χ4v) is 2.35. The Morgan fingerprint density at radius 3 is 3.25 bits per heavy atom. The van der Waals surface area contributed by atoms with E-state index in [1.54, 1.807) is 5.51 Å². The van der Waals surface area contributed by atoms with Crippen molar-refractivity contribution in [3.05, 3.63) is 16.6 Å². The Morgan fingerprint density at radius 1 is 1.81 bits per heavy atom. The monoisotopic (exact) mass is 241 g/mol. The minimum absolute atomic E-state index is 0.195. The Labute approximate surface area is 98.0 Å². The van der Waals surface area contributed by atoms with Gasteiger partial charge in [-0.05, 0) is 12.8 Å². The molecule has 16 heavy (non-hydrogen) atoms. The van der Waals surface area contributed by atoms with Crippen LogP contribution in [0.2, 0.25) is 0 Å². The second-order valence-corrected chi connectivity index (χ2v) is 4.51. The first kappa shape index (κ1) is 11.5. The van der Waals surface area contributed by atoms with Crippen LogP contribution in [-0.2, 0) is 9.53 Å². The zero-order valence-electron chi connectivity index (χ0n) is 8.89. The highest BCUT2D eigenvalue weighted by Crippen LogP contribution is 2.15. The number of ether oxygens (including phenoxy) is 1. The summed E-state index contributed by atoms with van der Waals surface area (Å²) in [4.78, 5) is 15.4. The molecule has 1 aromatic rings. The van der Waals surface area contributed by atoms with E-state index in [0.717, 1.165) is 19.4 Å². The van der Waals surface area contributed by atoms with Crippen molar-refractivity contribution in [1.82, 2.24) is 10.3 Å². The molecular weight excluding hydrogens is 226 g/mol. The fourth-order valence-electron chi connectivity index (χ4n) is 1.77. The summed E-state index contributed by atoms with van der Waals surface area (Å²) < 4.78 is 5.47. The molecule has 1 aliphatic rings. The van der Waals surface area contributed by atoms with Gasteiger partial charge in [-0.25, -0.2) is 4.98 Å². The third-order valence-electron chi connectivity index (χ3n) is 2.61. The summed E-state index contributed by atoms with van der Waals surface area (Å²) >= 11 is 1.45. The van der Waals surface area contributed by atoms with Crippen molar-refractivity contribution >= 4 is 17.2 Å². The highest BCUT2D eigenvalue weighted by molar-refractivity contribution is 7.07. The van der Waals surface area contributed by atoms with Crippen LogP contribution in [0, 0.1) is 0 Å². The van der Waals surface area contributed by atoms with Crippen LogP contribution in [0.15, 0.2) is 10.9 Å². The number of nitrogens with zero attached hydrogens (tertiary/aromatic N) is 1. The number of hydrogen-bond donors (Lipinski definition) is 2. The summed E-state index contributed by atoms with van der Waals surface area (Å²) in [7, 11) is 0. The van der Waals surface area contributed by atoms with Crippen molar-refractivity contribution in [2.24, 2.45) is 5.73 Å². The summed E-state index contributed by atoms with van der Waals surface area (Å²) in [6.07, 6.45) is 2.32. The minimum atomic E-state index is -0.504. The molecule has 1 saturated heterocycles. The number of carbonyl (C=O) groups excluding carboxylic acids is 1. The van der Waals surface area contributed by atoms with Crippen molar-refractivity contribution in [1.29, 1.82) is 0 Å². The van der Waals surface area contributed by atoms with Crippen LogP contribution in [0.25, 0.3) is 0 Å². The van der Waals surface area contributed by atoms with E-state index in [4.69, 9.17) is 10.5 Å². The quantitative estimate of drug-likeness (QED) is 0.784. The predicted molar refractivity (Wildman–Crippen MR) is 61.0 cm³/mol. The Hall–Kier alpha value is -0.980. The van der Waals surface area contributed by atoms with Crippen molar-refractivity contribution < 1.29 is 9.53 Å². The number of rotatable bonds is 5. The van der Waals surface area contributed by atoms with E-state index in [1.165, 1.54) is 11.3 Å². The normalized spacial score (nSPS) is 22.1. The average Bonchev–Trinajstić information content (AvgIpc) is 2.88. The minimum Gasteiger partial charge on any atom is -0.377 e. The maximum absolute atomic E-state index is 11.3. The number of nitrogens with two attached hydrogens (primary N) is 1. The molecule has 6 heteroatoms. The molecule has 2 rings (SSSR count). The summed E-state index contributed by atoms with van der Waals surface area (Å²) in [5.41, 5.74) is 7.72. The van der Waals surface area contributed by atoms with E-state index in [2.05, 4.69) is 10.3 Å². The highest BCUT2D eigenvalue weighted by Gasteiger charge is 2.22. The molecule has 3 N–H and O–H groups in total. The van der Waals surface area contributed by atoms with Gasteiger partial charge >= 0.3 is 0 Å².